The minimum atomic E-state index is -8.89. The quantitative estimate of drug-likeness (QED) is 0.0473. The van der Waals surface area contributed by atoms with E-state index in [1.807, 2.05) is 0 Å². The van der Waals surface area contributed by atoms with Crippen molar-refractivity contribution in [1.29, 1.82) is 0 Å². The van der Waals surface area contributed by atoms with Crippen molar-refractivity contribution in [2.45, 2.75) is 109 Å². The van der Waals surface area contributed by atoms with Gasteiger partial charge >= 0.3 is 95.3 Å². The normalized spacial score (nSPS) is 14.4. The highest BCUT2D eigenvalue weighted by atomic mass is 19.4. The number of rotatable bonds is 23. The van der Waals surface area contributed by atoms with E-state index in [0.29, 0.717) is 79.0 Å². The van der Waals surface area contributed by atoms with Gasteiger partial charge in [-0.2, -0.15) is 149 Å². The van der Waals surface area contributed by atoms with Crippen LogP contribution in [0, 0.1) is 6.92 Å². The molecule has 8 aromatic carbocycles. The van der Waals surface area contributed by atoms with Gasteiger partial charge in [0, 0.05) is 62.6 Å². The topological polar surface area (TPSA) is 38.7 Å². The van der Waals surface area contributed by atoms with Crippen LogP contribution in [0.15, 0.2) is 213 Å². The summed E-state index contributed by atoms with van der Waals surface area (Å²) in [6.07, 6.45) is -10.6. The van der Waals surface area contributed by atoms with Crippen molar-refractivity contribution in [3.63, 3.8) is 0 Å². The Morgan fingerprint density at radius 1 is 0.281 bits per heavy atom. The summed E-state index contributed by atoms with van der Waals surface area (Å²) in [7, 11) is 0. The van der Waals surface area contributed by atoms with Crippen molar-refractivity contribution >= 4 is 44.0 Å². The Hall–Kier alpha value is -10.7. The third-order valence-electron chi connectivity index (χ3n) is 18.8. The lowest BCUT2D eigenvalue weighted by Crippen LogP contribution is -2.74. The van der Waals surface area contributed by atoms with E-state index in [1.54, 1.807) is 110 Å². The highest BCUT2D eigenvalue weighted by Gasteiger charge is 2.97. The number of pyridine rings is 3. The summed E-state index contributed by atoms with van der Waals surface area (Å²) >= 11 is 0. The van der Waals surface area contributed by atoms with E-state index < -0.39 is 118 Å². The fraction of sp³-hybridized carbons (Fsp3) is 0.234. The van der Waals surface area contributed by atoms with E-state index in [4.69, 9.17) is 4.98 Å². The lowest BCUT2D eigenvalue weighted by atomic mass is 9.84. The van der Waals surface area contributed by atoms with Crippen LogP contribution in [0.25, 0.3) is 100.0 Å². The molecule has 0 saturated heterocycles. The van der Waals surface area contributed by atoms with Crippen molar-refractivity contribution in [3.05, 3.63) is 246 Å². The van der Waals surface area contributed by atoms with Crippen molar-refractivity contribution in [1.82, 2.24) is 15.0 Å². The van der Waals surface area contributed by atoms with E-state index in [9.17, 15) is 96.6 Å². The van der Waals surface area contributed by atoms with E-state index in [0.717, 1.165) is 0 Å². The first-order chi connectivity index (χ1) is 52.4. The lowest BCUT2D eigenvalue weighted by molar-refractivity contribution is -0.462. The molecule has 0 spiro atoms. The van der Waals surface area contributed by atoms with Gasteiger partial charge in [0.1, 0.15) is 0 Å². The molecule has 0 aliphatic heterocycles. The Balaban J connectivity index is 1.07. The minimum Gasteiger partial charge on any atom is -0.256 e. The molecular formula is C77H41F34N3. The van der Waals surface area contributed by atoms with E-state index in [-0.39, 0.29) is 81.0 Å². The average Bonchev–Trinajstić information content (AvgIpc) is 0.695. The Kier molecular flexibility index (Phi) is 20.6. The second-order valence-electron chi connectivity index (χ2n) is 25.9. The molecule has 3 nitrogen and oxygen atoms in total. The van der Waals surface area contributed by atoms with Crippen molar-refractivity contribution in [2.75, 3.05) is 0 Å². The predicted molar refractivity (Wildman–Crippen MR) is 348 cm³/mol. The molecule has 11 rings (SSSR count). The number of fused-ring (bicyclic) bond motifs is 3. The highest BCUT2D eigenvalue weighted by molar-refractivity contribution is 6.03. The highest BCUT2D eigenvalue weighted by Crippen LogP contribution is 2.68. The molecule has 0 aliphatic rings. The van der Waals surface area contributed by atoms with Crippen LogP contribution in [-0.2, 0) is 18.3 Å². The van der Waals surface area contributed by atoms with E-state index >= 15 is 52.7 Å². The van der Waals surface area contributed by atoms with Gasteiger partial charge < -0.3 is 0 Å². The number of halogens is 34. The number of benzene rings is 8. The fourth-order valence-corrected chi connectivity index (χ4v) is 12.4. The summed E-state index contributed by atoms with van der Waals surface area (Å²) in [5.41, 5.74) is -3.71. The van der Waals surface area contributed by atoms with Gasteiger partial charge in [-0.3, -0.25) is 15.0 Å². The van der Waals surface area contributed by atoms with Crippen LogP contribution < -0.4 is 0 Å². The van der Waals surface area contributed by atoms with Crippen LogP contribution in [0.2, 0.25) is 0 Å². The van der Waals surface area contributed by atoms with Crippen molar-refractivity contribution < 1.29 is 149 Å². The molecule has 11 aromatic rings. The van der Waals surface area contributed by atoms with Gasteiger partial charge in [0.25, 0.3) is 0 Å². The van der Waals surface area contributed by atoms with E-state index in [1.165, 1.54) is 67.1 Å². The smallest absolute Gasteiger partial charge is 0.256 e. The maximum atomic E-state index is 15.8. The number of nitrogens with zero attached hydrogens (tertiary/aromatic N) is 3. The molecule has 0 aliphatic carbocycles. The summed E-state index contributed by atoms with van der Waals surface area (Å²) in [6.45, 7) is 1.72. The predicted octanol–water partition coefficient (Wildman–Crippen LogP) is 26.7. The largest absolute Gasteiger partial charge is 0.460 e. The number of aryl methyl sites for hydroxylation is 1. The molecule has 114 heavy (non-hydrogen) atoms. The molecule has 37 heteroatoms. The van der Waals surface area contributed by atoms with Gasteiger partial charge in [-0.05, 0) is 110 Å². The Labute approximate surface area is 617 Å². The standard InChI is InChI=1S/C77H41F34N3/c1-39-14-15-47(56(34-39)59-53-11-5-2-8-42(53)28-31-112-59)35-49(52-27-22-46(38-58(52)61-55-13-7-4-10-44(55)30-33-114-61)41-20-25-51(26-21-41)63(80,81)65(84,85)67(88,89)69(92,93)71(96,97)73(100,101)75(104,105)77(109,110)111)36-48-17-16-45(37-57(48)60-54-12-6-3-9-43(54)29-32-113-60)40-18-23-50(24-19-40)62(78,79)64(82,83)66(86,87)68(90,91)70(94,95)72(98,99)74(102,103)76(106,107)108/h2-35,37-38H,36H2,1H3/b49-35+. The Morgan fingerprint density at radius 3 is 0.956 bits per heavy atom. The van der Waals surface area contributed by atoms with Crippen LogP contribution in [0.3, 0.4) is 0 Å². The Bertz CT molecular complexity index is 5490. The van der Waals surface area contributed by atoms with Crippen LogP contribution >= 0.6 is 0 Å². The zero-order valence-electron chi connectivity index (χ0n) is 56.2. The van der Waals surface area contributed by atoms with Crippen LogP contribution in [0.4, 0.5) is 149 Å². The number of hydrogen-bond acceptors (Lipinski definition) is 3. The number of allylic oxidation sites excluding steroid dienone is 1. The number of hydrogen-bond donors (Lipinski definition) is 0. The summed E-state index contributed by atoms with van der Waals surface area (Å²) in [6, 6.07) is 37.9. The van der Waals surface area contributed by atoms with Crippen LogP contribution in [0.1, 0.15) is 33.4 Å². The zero-order valence-corrected chi connectivity index (χ0v) is 56.2. The molecular weight excluding hydrogens is 1610 g/mol. The average molecular weight is 1650 g/mol. The maximum Gasteiger partial charge on any atom is 0.460 e. The number of alkyl halides is 34. The van der Waals surface area contributed by atoms with Gasteiger partial charge in [0.2, 0.25) is 0 Å². The molecule has 0 N–H and O–H groups in total. The van der Waals surface area contributed by atoms with Gasteiger partial charge in [0.05, 0.1) is 17.1 Å². The zero-order chi connectivity index (χ0) is 84.6. The monoisotopic (exact) mass is 1650 g/mol. The van der Waals surface area contributed by atoms with Crippen molar-refractivity contribution in [3.8, 4) is 56.0 Å². The van der Waals surface area contributed by atoms with Crippen LogP contribution in [0.5, 0.6) is 0 Å². The molecule has 0 amide bonds. The second kappa shape index (κ2) is 27.8. The first kappa shape index (κ1) is 84.3. The third kappa shape index (κ3) is 12.9. The SMILES string of the molecule is Cc1ccc(/C=C(\Cc2ccc(-c3ccc(C(F)(F)C(F)(F)C(F)(F)C(F)(F)C(F)(F)C(F)(F)C(F)(F)C(F)(F)F)cc3)cc2-c2nccc3ccccc23)c2ccc(-c3ccc(C(F)(F)C(F)(F)C(F)(F)C(F)(F)C(F)(F)C(F)(F)C(F)(F)C(F)(F)F)cc3)cc2-c2nccc3ccccc23)c(-c2nccc3ccccc23)c1. The van der Waals surface area contributed by atoms with Crippen molar-refractivity contribution in [2.24, 2.45) is 0 Å². The summed E-state index contributed by atoms with van der Waals surface area (Å²) in [5, 5.41) is 2.84. The molecule has 0 fully saturated rings. The first-order valence-corrected chi connectivity index (χ1v) is 32.1. The molecule has 0 unspecified atom stereocenters. The molecule has 0 radical (unpaired) electrons. The summed E-state index contributed by atoms with van der Waals surface area (Å²) in [5.74, 6) is -117. The minimum absolute atomic E-state index is 0.0178. The van der Waals surface area contributed by atoms with Gasteiger partial charge in [-0.1, -0.05) is 169 Å². The third-order valence-corrected chi connectivity index (χ3v) is 18.8. The second-order valence-corrected chi connectivity index (χ2v) is 25.9. The molecule has 3 heterocycles. The van der Waals surface area contributed by atoms with Gasteiger partial charge in [0.15, 0.2) is 0 Å². The fourth-order valence-electron chi connectivity index (χ4n) is 12.4. The molecule has 3 aromatic heterocycles. The molecule has 0 bridgehead atoms. The Morgan fingerprint density at radius 2 is 0.588 bits per heavy atom. The maximum absolute atomic E-state index is 15.8. The number of aromatic nitrogens is 3. The molecule has 0 atom stereocenters. The van der Waals surface area contributed by atoms with Gasteiger partial charge in [-0.15, -0.1) is 0 Å². The first-order valence-electron chi connectivity index (χ1n) is 32.1. The summed E-state index contributed by atoms with van der Waals surface area (Å²) < 4.78 is 490. The lowest BCUT2D eigenvalue weighted by Gasteiger charge is -2.42. The summed E-state index contributed by atoms with van der Waals surface area (Å²) in [4.78, 5) is 14.0. The van der Waals surface area contributed by atoms with Crippen LogP contribution in [-0.4, -0.2) is 98.4 Å². The molecule has 602 valence electrons. The molecule has 0 saturated carbocycles. The van der Waals surface area contributed by atoms with Gasteiger partial charge in [-0.25, -0.2) is 0 Å². The van der Waals surface area contributed by atoms with E-state index in [2.05, 4.69) is 9.97 Å².